The molecule has 1 aromatic carbocycles. The van der Waals surface area contributed by atoms with Crippen LogP contribution in [0.3, 0.4) is 0 Å². The number of alkyl halides is 1. The van der Waals surface area contributed by atoms with Crippen LogP contribution in [0.25, 0.3) is 11.0 Å². The van der Waals surface area contributed by atoms with E-state index in [9.17, 15) is 8.42 Å². The number of sulfone groups is 1. The highest BCUT2D eigenvalue weighted by Crippen LogP contribution is 2.23. The first-order chi connectivity index (χ1) is 8.42. The summed E-state index contributed by atoms with van der Waals surface area (Å²) in [6.45, 7) is 1.87. The number of aromatic nitrogens is 2. The first kappa shape index (κ1) is 13.4. The van der Waals surface area contributed by atoms with Crippen molar-refractivity contribution in [2.24, 2.45) is 0 Å². The Hall–Kier alpha value is -1.07. The average Bonchev–Trinajstić information content (AvgIpc) is 2.64. The maximum absolute atomic E-state index is 11.4. The lowest BCUT2D eigenvalue weighted by atomic mass is 10.3. The topological polar surface area (TPSA) is 52.0 Å². The summed E-state index contributed by atoms with van der Waals surface area (Å²) in [6, 6.07) is 7.46. The minimum atomic E-state index is -3.03. The molecule has 1 heterocycles. The van der Waals surface area contributed by atoms with E-state index in [4.69, 9.17) is 11.6 Å². The summed E-state index contributed by atoms with van der Waals surface area (Å²) >= 11 is 5.89. The molecule has 6 heteroatoms. The number of hydrogen-bond acceptors (Lipinski definition) is 3. The maximum atomic E-state index is 11.4. The number of imidazole rings is 1. The van der Waals surface area contributed by atoms with Gasteiger partial charge in [0.15, 0.2) is 0 Å². The van der Waals surface area contributed by atoms with Crippen molar-refractivity contribution >= 4 is 32.5 Å². The van der Waals surface area contributed by atoms with Gasteiger partial charge in [0.2, 0.25) is 0 Å². The monoisotopic (exact) mass is 286 g/mol. The molecular weight excluding hydrogens is 272 g/mol. The zero-order valence-corrected chi connectivity index (χ0v) is 11.9. The number of benzene rings is 1. The van der Waals surface area contributed by atoms with Crippen LogP contribution in [0.15, 0.2) is 24.3 Å². The van der Waals surface area contributed by atoms with Crippen molar-refractivity contribution in [1.29, 1.82) is 0 Å². The number of halogens is 1. The molecule has 1 unspecified atom stereocenters. The van der Waals surface area contributed by atoms with Gasteiger partial charge in [0, 0.05) is 12.3 Å². The molecule has 1 aromatic heterocycles. The Kier molecular flexibility index (Phi) is 3.64. The fraction of sp³-hybridized carbons (Fsp3) is 0.417. The fourth-order valence-electron chi connectivity index (χ4n) is 2.19. The van der Waals surface area contributed by atoms with Crippen LogP contribution in [-0.4, -0.2) is 30.0 Å². The zero-order chi connectivity index (χ0) is 13.3. The first-order valence-electron chi connectivity index (χ1n) is 5.62. The van der Waals surface area contributed by atoms with Gasteiger partial charge in [-0.1, -0.05) is 12.1 Å². The molecule has 2 aromatic rings. The van der Waals surface area contributed by atoms with Crippen LogP contribution >= 0.6 is 11.6 Å². The molecular formula is C12H15ClN2O2S. The van der Waals surface area contributed by atoms with Crippen LogP contribution in [0.4, 0.5) is 0 Å². The standard InChI is InChI=1S/C12H15ClN2O2S/c1-9(8-18(2,16)17)15-11-6-4-3-5-10(11)14-12(15)7-13/h3-6,9H,7-8H2,1-2H3. The Morgan fingerprint density at radius 1 is 1.39 bits per heavy atom. The van der Waals surface area contributed by atoms with Crippen molar-refractivity contribution in [3.05, 3.63) is 30.1 Å². The Labute approximate surface area is 112 Å². The van der Waals surface area contributed by atoms with Gasteiger partial charge < -0.3 is 4.57 Å². The van der Waals surface area contributed by atoms with E-state index in [1.165, 1.54) is 6.26 Å². The van der Waals surface area contributed by atoms with E-state index in [-0.39, 0.29) is 17.7 Å². The number of hydrogen-bond donors (Lipinski definition) is 0. The Bertz CT molecular complexity index is 664. The highest BCUT2D eigenvalue weighted by molar-refractivity contribution is 7.90. The minimum absolute atomic E-state index is 0.0806. The van der Waals surface area contributed by atoms with Crippen LogP contribution in [0.1, 0.15) is 18.8 Å². The van der Waals surface area contributed by atoms with E-state index < -0.39 is 9.84 Å². The molecule has 0 amide bonds. The van der Waals surface area contributed by atoms with Gasteiger partial charge in [0.05, 0.1) is 22.7 Å². The summed E-state index contributed by atoms with van der Waals surface area (Å²) in [6.07, 6.45) is 1.24. The lowest BCUT2D eigenvalue weighted by Gasteiger charge is -2.15. The molecule has 0 saturated carbocycles. The normalized spacial score (nSPS) is 13.9. The first-order valence-corrected chi connectivity index (χ1v) is 8.21. The predicted molar refractivity (Wildman–Crippen MR) is 73.7 cm³/mol. The summed E-state index contributed by atoms with van der Waals surface area (Å²) in [5.74, 6) is 1.05. The second-order valence-electron chi connectivity index (χ2n) is 4.46. The third kappa shape index (κ3) is 2.67. The van der Waals surface area contributed by atoms with Gasteiger partial charge in [-0.25, -0.2) is 13.4 Å². The molecule has 0 saturated heterocycles. The summed E-state index contributed by atoms with van der Waals surface area (Å²) in [5.41, 5.74) is 1.76. The van der Waals surface area contributed by atoms with Crippen molar-refractivity contribution < 1.29 is 8.42 Å². The largest absolute Gasteiger partial charge is 0.323 e. The van der Waals surface area contributed by atoms with Crippen LogP contribution in [0, 0.1) is 0 Å². The van der Waals surface area contributed by atoms with E-state index in [0.717, 1.165) is 11.0 Å². The van der Waals surface area contributed by atoms with Crippen LogP contribution in [0.5, 0.6) is 0 Å². The molecule has 0 radical (unpaired) electrons. The predicted octanol–water partition coefficient (Wildman–Crippen LogP) is 2.38. The van der Waals surface area contributed by atoms with E-state index >= 15 is 0 Å². The van der Waals surface area contributed by atoms with E-state index in [0.29, 0.717) is 5.82 Å². The number of para-hydroxylation sites is 2. The molecule has 98 valence electrons. The highest BCUT2D eigenvalue weighted by Gasteiger charge is 2.18. The minimum Gasteiger partial charge on any atom is -0.323 e. The SMILES string of the molecule is CC(CS(C)(=O)=O)n1c(CCl)nc2ccccc21. The molecule has 0 aliphatic heterocycles. The highest BCUT2D eigenvalue weighted by atomic mass is 35.5. The second kappa shape index (κ2) is 4.90. The Balaban J connectivity index is 2.54. The molecule has 18 heavy (non-hydrogen) atoms. The number of fused-ring (bicyclic) bond motifs is 1. The Morgan fingerprint density at radius 2 is 2.06 bits per heavy atom. The summed E-state index contributed by atoms with van der Waals surface area (Å²) in [7, 11) is -3.03. The molecule has 0 aliphatic carbocycles. The number of nitrogens with zero attached hydrogens (tertiary/aromatic N) is 2. The maximum Gasteiger partial charge on any atom is 0.149 e. The van der Waals surface area contributed by atoms with Crippen molar-refractivity contribution in [2.75, 3.05) is 12.0 Å². The van der Waals surface area contributed by atoms with Crippen molar-refractivity contribution in [3.63, 3.8) is 0 Å². The van der Waals surface area contributed by atoms with Crippen LogP contribution in [0.2, 0.25) is 0 Å². The molecule has 1 atom stereocenters. The average molecular weight is 287 g/mol. The Morgan fingerprint density at radius 3 is 2.67 bits per heavy atom. The van der Waals surface area contributed by atoms with E-state index in [1.54, 1.807) is 0 Å². The van der Waals surface area contributed by atoms with Gasteiger partial charge >= 0.3 is 0 Å². The van der Waals surface area contributed by atoms with Gasteiger partial charge in [0.25, 0.3) is 0 Å². The van der Waals surface area contributed by atoms with Gasteiger partial charge in [-0.15, -0.1) is 11.6 Å². The lowest BCUT2D eigenvalue weighted by molar-refractivity contribution is 0.561. The summed E-state index contributed by atoms with van der Waals surface area (Å²) in [5, 5.41) is 0. The third-order valence-corrected chi connectivity index (χ3v) is 4.10. The van der Waals surface area contributed by atoms with Crippen molar-refractivity contribution in [1.82, 2.24) is 9.55 Å². The molecule has 4 nitrogen and oxygen atoms in total. The molecule has 0 spiro atoms. The van der Waals surface area contributed by atoms with E-state index in [1.807, 2.05) is 35.8 Å². The van der Waals surface area contributed by atoms with Gasteiger partial charge in [0.1, 0.15) is 15.7 Å². The fourth-order valence-corrected chi connectivity index (χ4v) is 3.41. The lowest BCUT2D eigenvalue weighted by Crippen LogP contribution is -2.18. The summed E-state index contributed by atoms with van der Waals surface area (Å²) in [4.78, 5) is 4.42. The molecule has 0 bridgehead atoms. The molecule has 0 N–H and O–H groups in total. The van der Waals surface area contributed by atoms with Gasteiger partial charge in [-0.05, 0) is 19.1 Å². The van der Waals surface area contributed by atoms with E-state index in [2.05, 4.69) is 4.98 Å². The van der Waals surface area contributed by atoms with Gasteiger partial charge in [-0.2, -0.15) is 0 Å². The second-order valence-corrected chi connectivity index (χ2v) is 6.91. The van der Waals surface area contributed by atoms with Gasteiger partial charge in [-0.3, -0.25) is 0 Å². The molecule has 0 aliphatic rings. The smallest absolute Gasteiger partial charge is 0.149 e. The van der Waals surface area contributed by atoms with Crippen molar-refractivity contribution in [2.45, 2.75) is 18.8 Å². The zero-order valence-electron chi connectivity index (χ0n) is 10.3. The number of rotatable bonds is 4. The molecule has 0 fully saturated rings. The van der Waals surface area contributed by atoms with Crippen molar-refractivity contribution in [3.8, 4) is 0 Å². The van der Waals surface area contributed by atoms with Crippen LogP contribution < -0.4 is 0 Å². The quantitative estimate of drug-likeness (QED) is 0.811. The third-order valence-electron chi connectivity index (χ3n) is 2.77. The summed E-state index contributed by atoms with van der Waals surface area (Å²) < 4.78 is 24.7. The van der Waals surface area contributed by atoms with Crippen LogP contribution in [-0.2, 0) is 15.7 Å². The molecule has 2 rings (SSSR count).